The summed E-state index contributed by atoms with van der Waals surface area (Å²) in [7, 11) is -2.18. The fraction of sp³-hybridized carbons (Fsp3) is 0.318. The van der Waals surface area contributed by atoms with E-state index in [2.05, 4.69) is 36.0 Å². The summed E-state index contributed by atoms with van der Waals surface area (Å²) in [5, 5.41) is 6.23. The number of hydrogen-bond acceptors (Lipinski definition) is 10. The molecule has 3 aromatic rings. The third kappa shape index (κ3) is 6.61. The summed E-state index contributed by atoms with van der Waals surface area (Å²) < 4.78 is 25.5. The van der Waals surface area contributed by atoms with Crippen LogP contribution in [0.15, 0.2) is 30.5 Å². The number of hydrogen-bond donors (Lipinski definition) is 3. The lowest BCUT2D eigenvalue weighted by atomic mass is 10.2. The zero-order chi connectivity index (χ0) is 25.8. The molecule has 0 aliphatic carbocycles. The van der Waals surface area contributed by atoms with Gasteiger partial charge in [-0.15, -0.1) is 0 Å². The highest BCUT2D eigenvalue weighted by Gasteiger charge is 2.20. The monoisotopic (exact) mass is 500 g/mol. The van der Waals surface area contributed by atoms with Crippen LogP contribution in [0.1, 0.15) is 34.5 Å². The molecule has 3 rings (SSSR count). The Balaban J connectivity index is 2.06. The lowest BCUT2D eigenvalue weighted by Gasteiger charge is -2.21. The third-order valence-electron chi connectivity index (χ3n) is 4.76. The molecule has 0 aromatic carbocycles. The van der Waals surface area contributed by atoms with E-state index in [1.165, 1.54) is 13.2 Å². The summed E-state index contributed by atoms with van der Waals surface area (Å²) >= 11 is 0. The van der Waals surface area contributed by atoms with Crippen molar-refractivity contribution in [2.24, 2.45) is 0 Å². The number of carbonyl (C=O) groups excluding carboxylic acids is 1. The van der Waals surface area contributed by atoms with Crippen molar-refractivity contribution in [2.45, 2.75) is 27.7 Å². The molecule has 186 valence electrons. The van der Waals surface area contributed by atoms with E-state index in [0.717, 1.165) is 16.3 Å². The summed E-state index contributed by atoms with van der Waals surface area (Å²) in [6, 6.07) is 6.79. The van der Waals surface area contributed by atoms with Crippen LogP contribution in [0.5, 0.6) is 0 Å². The third-order valence-corrected chi connectivity index (χ3v) is 5.93. The zero-order valence-electron chi connectivity index (χ0n) is 20.4. The Bertz CT molecular complexity index is 1330. The van der Waals surface area contributed by atoms with Crippen LogP contribution in [-0.4, -0.2) is 54.2 Å². The van der Waals surface area contributed by atoms with Gasteiger partial charge in [-0.05, 0) is 39.8 Å². The van der Waals surface area contributed by atoms with Gasteiger partial charge in [-0.2, -0.15) is 0 Å². The first-order valence-electron chi connectivity index (χ1n) is 10.7. The maximum atomic E-state index is 12.7. The molecule has 13 heteroatoms. The van der Waals surface area contributed by atoms with Crippen LogP contribution in [0.3, 0.4) is 0 Å². The highest BCUT2D eigenvalue weighted by Crippen LogP contribution is 2.31. The molecule has 35 heavy (non-hydrogen) atoms. The highest BCUT2D eigenvalue weighted by atomic mass is 32.2. The van der Waals surface area contributed by atoms with Crippen LogP contribution in [0.4, 0.5) is 28.8 Å². The molecule has 0 atom stereocenters. The van der Waals surface area contributed by atoms with Crippen molar-refractivity contribution in [3.63, 3.8) is 0 Å². The first-order chi connectivity index (χ1) is 16.5. The molecule has 0 radical (unpaired) electrons. The number of carbonyl (C=O) groups is 1. The van der Waals surface area contributed by atoms with Gasteiger partial charge in [0.2, 0.25) is 10.0 Å². The van der Waals surface area contributed by atoms with Crippen LogP contribution >= 0.6 is 0 Å². The molecule has 0 fully saturated rings. The normalized spacial score (nSPS) is 11.1. The number of anilines is 5. The lowest BCUT2D eigenvalue weighted by Crippen LogP contribution is -2.27. The van der Waals surface area contributed by atoms with E-state index in [4.69, 9.17) is 4.84 Å². The van der Waals surface area contributed by atoms with E-state index >= 15 is 0 Å². The number of rotatable bonds is 9. The molecule has 0 aliphatic heterocycles. The predicted octanol–water partition coefficient (Wildman–Crippen LogP) is 2.76. The number of nitrogens with zero attached hydrogens (tertiary/aromatic N) is 5. The predicted molar refractivity (Wildman–Crippen MR) is 134 cm³/mol. The number of hydroxylamine groups is 1. The van der Waals surface area contributed by atoms with Gasteiger partial charge in [0.25, 0.3) is 5.91 Å². The molecular formula is C22H28N8O4S. The number of amides is 1. The van der Waals surface area contributed by atoms with Crippen molar-refractivity contribution < 1.29 is 18.0 Å². The van der Waals surface area contributed by atoms with Crippen LogP contribution in [0.25, 0.3) is 0 Å². The van der Waals surface area contributed by atoms with Gasteiger partial charge >= 0.3 is 0 Å². The van der Waals surface area contributed by atoms with Crippen molar-refractivity contribution in [3.8, 4) is 0 Å². The SMILES string of the molecule is CCONC(=O)c1cnc(Nc2cc(C)nc(C)n2)cc1Nc1ccc(C)nc1N(C)S(C)(=O)=O. The molecule has 0 spiro atoms. The van der Waals surface area contributed by atoms with E-state index in [1.807, 2.05) is 6.92 Å². The van der Waals surface area contributed by atoms with Crippen molar-refractivity contribution in [2.75, 3.05) is 34.8 Å². The van der Waals surface area contributed by atoms with Crippen LogP contribution < -0.4 is 20.4 Å². The molecule has 3 heterocycles. The minimum absolute atomic E-state index is 0.174. The average molecular weight is 501 g/mol. The Labute approximate surface area is 204 Å². The smallest absolute Gasteiger partial charge is 0.278 e. The fourth-order valence-electron chi connectivity index (χ4n) is 3.10. The van der Waals surface area contributed by atoms with Gasteiger partial charge in [0.1, 0.15) is 17.5 Å². The summed E-state index contributed by atoms with van der Waals surface area (Å²) in [6.45, 7) is 7.40. The van der Waals surface area contributed by atoms with Crippen molar-refractivity contribution in [1.82, 2.24) is 25.4 Å². The molecule has 12 nitrogen and oxygen atoms in total. The minimum atomic E-state index is -3.59. The lowest BCUT2D eigenvalue weighted by molar-refractivity contribution is 0.0365. The number of sulfonamides is 1. The zero-order valence-corrected chi connectivity index (χ0v) is 21.2. The molecule has 0 unspecified atom stereocenters. The fourth-order valence-corrected chi connectivity index (χ4v) is 3.55. The van der Waals surface area contributed by atoms with Crippen LogP contribution in [-0.2, 0) is 14.9 Å². The molecule has 0 aliphatic rings. The summed E-state index contributed by atoms with van der Waals surface area (Å²) in [5.41, 5.74) is 4.65. The number of aryl methyl sites for hydroxylation is 3. The maximum absolute atomic E-state index is 12.7. The molecule has 0 saturated heterocycles. The minimum Gasteiger partial charge on any atom is -0.352 e. The second kappa shape index (κ2) is 10.6. The average Bonchev–Trinajstić information content (AvgIpc) is 2.77. The van der Waals surface area contributed by atoms with Gasteiger partial charge in [-0.25, -0.2) is 33.8 Å². The summed E-state index contributed by atoms with van der Waals surface area (Å²) in [5.74, 6) is 1.18. The molecule has 0 saturated carbocycles. The number of pyridine rings is 2. The largest absolute Gasteiger partial charge is 0.352 e. The van der Waals surface area contributed by atoms with Crippen LogP contribution in [0, 0.1) is 20.8 Å². The Kier molecular flexibility index (Phi) is 7.82. The second-order valence-electron chi connectivity index (χ2n) is 7.73. The molecular weight excluding hydrogens is 472 g/mol. The quantitative estimate of drug-likeness (QED) is 0.374. The summed E-state index contributed by atoms with van der Waals surface area (Å²) in [4.78, 5) is 35.1. The maximum Gasteiger partial charge on any atom is 0.278 e. The summed E-state index contributed by atoms with van der Waals surface area (Å²) in [6.07, 6.45) is 2.46. The van der Waals surface area contributed by atoms with E-state index in [1.54, 1.807) is 45.0 Å². The Hall–Kier alpha value is -3.84. The molecule has 1 amide bonds. The number of aromatic nitrogens is 4. The van der Waals surface area contributed by atoms with Crippen LogP contribution in [0.2, 0.25) is 0 Å². The van der Waals surface area contributed by atoms with E-state index in [-0.39, 0.29) is 18.0 Å². The van der Waals surface area contributed by atoms with Gasteiger partial charge in [0, 0.05) is 36.8 Å². The van der Waals surface area contributed by atoms with Gasteiger partial charge in [-0.3, -0.25) is 13.9 Å². The standard InChI is InChI=1S/C22H28N8O4S/c1-7-34-29-22(31)16-12-23-19(28-20-10-14(3)24-15(4)26-20)11-18(16)27-17-9-8-13(2)25-21(17)30(5)35(6,32)33/h8-12H,7H2,1-6H3,(H,29,31)(H2,23,24,26,27,28). The Morgan fingerprint density at radius 1 is 1.00 bits per heavy atom. The van der Waals surface area contributed by atoms with Gasteiger partial charge in [-0.1, -0.05) is 0 Å². The number of nitrogens with one attached hydrogen (secondary N) is 3. The van der Waals surface area contributed by atoms with E-state index in [0.29, 0.717) is 34.5 Å². The van der Waals surface area contributed by atoms with E-state index in [9.17, 15) is 13.2 Å². The van der Waals surface area contributed by atoms with Gasteiger partial charge in [0.15, 0.2) is 5.82 Å². The topological polar surface area (TPSA) is 151 Å². The van der Waals surface area contributed by atoms with Gasteiger partial charge < -0.3 is 10.6 Å². The van der Waals surface area contributed by atoms with Gasteiger partial charge in [0.05, 0.1) is 29.8 Å². The second-order valence-corrected chi connectivity index (χ2v) is 9.74. The molecule has 3 aromatic heterocycles. The Morgan fingerprint density at radius 2 is 1.74 bits per heavy atom. The van der Waals surface area contributed by atoms with Crippen molar-refractivity contribution in [3.05, 3.63) is 53.2 Å². The Morgan fingerprint density at radius 3 is 2.40 bits per heavy atom. The first-order valence-corrected chi connectivity index (χ1v) is 12.5. The van der Waals surface area contributed by atoms with Crippen molar-refractivity contribution in [1.29, 1.82) is 0 Å². The highest BCUT2D eigenvalue weighted by molar-refractivity contribution is 7.92. The van der Waals surface area contributed by atoms with Crippen molar-refractivity contribution >= 4 is 44.8 Å². The van der Waals surface area contributed by atoms with E-state index < -0.39 is 15.9 Å². The molecule has 0 bridgehead atoms. The molecule has 3 N–H and O–H groups in total. The first kappa shape index (κ1) is 25.8.